The Bertz CT molecular complexity index is 1490. The second kappa shape index (κ2) is 60.6. The predicted octanol–water partition coefficient (Wildman–Crippen LogP) is 20.7. The molecule has 0 heterocycles. The fraction of sp³-hybridized carbons (Fsp3) is 0.687. The molecule has 6 heteroatoms. The first-order valence-electron chi connectivity index (χ1n) is 30.4. The summed E-state index contributed by atoms with van der Waals surface area (Å²) in [4.78, 5) is 38.2. The first-order valence-corrected chi connectivity index (χ1v) is 30.4. The summed E-state index contributed by atoms with van der Waals surface area (Å²) in [6, 6.07) is 0. The fourth-order valence-electron chi connectivity index (χ4n) is 8.18. The van der Waals surface area contributed by atoms with Crippen molar-refractivity contribution in [2.24, 2.45) is 0 Å². The SMILES string of the molecule is CC/C=C\C/C=C\C/C=C\C/C=C\C/C=C\C/C=C\C/C=C\CCCCCC(=O)OCC(COC(=O)CCCCCCC/C=C\CCCCCC)OC(=O)CCCCCCCCC/C=C\CCCCCCCC. The molecule has 6 nitrogen and oxygen atoms in total. The van der Waals surface area contributed by atoms with Gasteiger partial charge in [0.15, 0.2) is 6.10 Å². The van der Waals surface area contributed by atoms with Crippen LogP contribution in [0.2, 0.25) is 0 Å². The van der Waals surface area contributed by atoms with Crippen LogP contribution < -0.4 is 0 Å². The van der Waals surface area contributed by atoms with Crippen molar-refractivity contribution in [3.8, 4) is 0 Å². The molecule has 0 aromatic carbocycles. The van der Waals surface area contributed by atoms with Gasteiger partial charge in [-0.1, -0.05) is 239 Å². The molecule has 0 N–H and O–H groups in total. The van der Waals surface area contributed by atoms with Crippen LogP contribution in [0.25, 0.3) is 0 Å². The van der Waals surface area contributed by atoms with Crippen LogP contribution in [0.1, 0.15) is 278 Å². The summed E-state index contributed by atoms with van der Waals surface area (Å²) < 4.78 is 16.9. The number of ether oxygens (including phenoxy) is 3. The third kappa shape index (κ3) is 58.8. The number of esters is 3. The minimum Gasteiger partial charge on any atom is -0.462 e. The molecule has 0 aromatic heterocycles. The maximum absolute atomic E-state index is 12.9. The number of rotatable bonds is 54. The molecular weight excluding hydrogens is 901 g/mol. The molecular formula is C67H112O6. The van der Waals surface area contributed by atoms with Crippen molar-refractivity contribution in [1.29, 1.82) is 0 Å². The van der Waals surface area contributed by atoms with Crippen LogP contribution in [-0.4, -0.2) is 37.2 Å². The Kier molecular flexibility index (Phi) is 57.4. The quantitative estimate of drug-likeness (QED) is 0.0261. The standard InChI is InChI=1S/C67H112O6/c1-4-7-10-13-16-19-22-25-27-29-30-31-32-33-34-35-36-38-39-42-45-48-51-54-57-60-66(69)72-63-64(62-71-65(68)59-56-53-50-47-44-41-24-21-18-15-12-9-6-3)73-67(70)61-58-55-52-49-46-43-40-37-28-26-23-20-17-14-11-8-5-2/h7,10,16,19,21,24-28,30-31,33-34,36,38,42,45,64H,4-6,8-9,11-15,17-18,20,22-23,29,32,35,37,39-41,43-44,46-63H2,1-3H3/b10-7-,19-16-,24-21-,27-25-,28-26-,31-30-,34-33-,38-36-,45-42-. The van der Waals surface area contributed by atoms with Crippen molar-refractivity contribution in [1.82, 2.24) is 0 Å². The number of hydrogen-bond acceptors (Lipinski definition) is 6. The zero-order valence-corrected chi connectivity index (χ0v) is 47.6. The third-order valence-corrected chi connectivity index (χ3v) is 12.7. The van der Waals surface area contributed by atoms with Crippen molar-refractivity contribution in [3.63, 3.8) is 0 Å². The van der Waals surface area contributed by atoms with Crippen molar-refractivity contribution in [2.75, 3.05) is 13.2 Å². The highest BCUT2D eigenvalue weighted by Crippen LogP contribution is 2.14. The monoisotopic (exact) mass is 1010 g/mol. The van der Waals surface area contributed by atoms with Gasteiger partial charge in [0.2, 0.25) is 0 Å². The van der Waals surface area contributed by atoms with Gasteiger partial charge in [0, 0.05) is 19.3 Å². The molecule has 0 aliphatic carbocycles. The van der Waals surface area contributed by atoms with E-state index in [-0.39, 0.29) is 31.1 Å². The lowest BCUT2D eigenvalue weighted by Gasteiger charge is -2.18. The Hall–Kier alpha value is -3.93. The zero-order valence-electron chi connectivity index (χ0n) is 47.6. The minimum absolute atomic E-state index is 0.0955. The minimum atomic E-state index is -0.800. The lowest BCUT2D eigenvalue weighted by atomic mass is 10.1. The summed E-state index contributed by atoms with van der Waals surface area (Å²) in [5.74, 6) is -0.939. The number of unbranched alkanes of at least 4 members (excludes halogenated alkanes) is 25. The molecule has 0 aromatic rings. The largest absolute Gasteiger partial charge is 0.462 e. The second-order valence-corrected chi connectivity index (χ2v) is 19.9. The fourth-order valence-corrected chi connectivity index (χ4v) is 8.18. The summed E-state index contributed by atoms with van der Waals surface area (Å²) in [5.41, 5.74) is 0. The van der Waals surface area contributed by atoms with E-state index in [0.29, 0.717) is 19.3 Å². The Morgan fingerprint density at radius 3 is 0.877 bits per heavy atom. The van der Waals surface area contributed by atoms with E-state index in [1.54, 1.807) is 0 Å². The topological polar surface area (TPSA) is 78.9 Å². The van der Waals surface area contributed by atoms with E-state index < -0.39 is 6.10 Å². The van der Waals surface area contributed by atoms with E-state index in [0.717, 1.165) is 116 Å². The van der Waals surface area contributed by atoms with Crippen LogP contribution >= 0.6 is 0 Å². The van der Waals surface area contributed by atoms with E-state index in [9.17, 15) is 14.4 Å². The molecule has 73 heavy (non-hydrogen) atoms. The molecule has 0 radical (unpaired) electrons. The van der Waals surface area contributed by atoms with Gasteiger partial charge in [-0.05, 0) is 128 Å². The molecule has 0 rings (SSSR count). The average Bonchev–Trinajstić information content (AvgIpc) is 3.39. The van der Waals surface area contributed by atoms with Crippen LogP contribution in [-0.2, 0) is 28.6 Å². The van der Waals surface area contributed by atoms with E-state index in [1.807, 2.05) is 0 Å². The van der Waals surface area contributed by atoms with Crippen molar-refractivity contribution < 1.29 is 28.6 Å². The van der Waals surface area contributed by atoms with Gasteiger partial charge in [0.25, 0.3) is 0 Å². The molecule has 0 saturated carbocycles. The molecule has 0 aliphatic rings. The first kappa shape index (κ1) is 69.1. The van der Waals surface area contributed by atoms with Crippen LogP contribution in [0.5, 0.6) is 0 Å². The first-order chi connectivity index (χ1) is 36.0. The summed E-state index contributed by atoms with van der Waals surface area (Å²) >= 11 is 0. The third-order valence-electron chi connectivity index (χ3n) is 12.7. The van der Waals surface area contributed by atoms with E-state index in [1.165, 1.54) is 122 Å². The van der Waals surface area contributed by atoms with Crippen LogP contribution in [0.15, 0.2) is 109 Å². The van der Waals surface area contributed by atoms with Crippen molar-refractivity contribution >= 4 is 17.9 Å². The highest BCUT2D eigenvalue weighted by molar-refractivity contribution is 5.71. The van der Waals surface area contributed by atoms with Crippen molar-refractivity contribution in [2.45, 2.75) is 284 Å². The Labute approximate surface area is 450 Å². The van der Waals surface area contributed by atoms with Gasteiger partial charge in [-0.25, -0.2) is 0 Å². The van der Waals surface area contributed by atoms with E-state index >= 15 is 0 Å². The molecule has 1 unspecified atom stereocenters. The van der Waals surface area contributed by atoms with Gasteiger partial charge < -0.3 is 14.2 Å². The van der Waals surface area contributed by atoms with Crippen LogP contribution in [0.4, 0.5) is 0 Å². The normalized spacial score (nSPS) is 12.9. The Morgan fingerprint density at radius 2 is 0.534 bits per heavy atom. The van der Waals surface area contributed by atoms with Gasteiger partial charge in [-0.15, -0.1) is 0 Å². The predicted molar refractivity (Wildman–Crippen MR) is 316 cm³/mol. The zero-order chi connectivity index (χ0) is 52.9. The highest BCUT2D eigenvalue weighted by atomic mass is 16.6. The Morgan fingerprint density at radius 1 is 0.288 bits per heavy atom. The molecule has 0 bridgehead atoms. The average molecular weight is 1010 g/mol. The summed E-state index contributed by atoms with van der Waals surface area (Å²) in [7, 11) is 0. The number of carbonyl (C=O) groups is 3. The maximum Gasteiger partial charge on any atom is 0.306 e. The summed E-state index contributed by atoms with van der Waals surface area (Å²) in [6.07, 6.45) is 82.2. The van der Waals surface area contributed by atoms with Crippen molar-refractivity contribution in [3.05, 3.63) is 109 Å². The number of carbonyl (C=O) groups excluding carboxylic acids is 3. The van der Waals surface area contributed by atoms with E-state index in [4.69, 9.17) is 14.2 Å². The van der Waals surface area contributed by atoms with Gasteiger partial charge in [-0.2, -0.15) is 0 Å². The van der Waals surface area contributed by atoms with Crippen LogP contribution in [0, 0.1) is 0 Å². The number of allylic oxidation sites excluding steroid dienone is 18. The smallest absolute Gasteiger partial charge is 0.306 e. The molecule has 1 atom stereocenters. The molecule has 0 saturated heterocycles. The lowest BCUT2D eigenvalue weighted by Crippen LogP contribution is -2.30. The lowest BCUT2D eigenvalue weighted by molar-refractivity contribution is -0.167. The molecule has 0 amide bonds. The molecule has 0 aliphatic heterocycles. The Balaban J connectivity index is 4.43. The molecule has 416 valence electrons. The molecule has 0 spiro atoms. The van der Waals surface area contributed by atoms with Gasteiger partial charge in [-0.3, -0.25) is 14.4 Å². The summed E-state index contributed by atoms with van der Waals surface area (Å²) in [6.45, 7) is 6.48. The van der Waals surface area contributed by atoms with E-state index in [2.05, 4.69) is 130 Å². The van der Waals surface area contributed by atoms with Gasteiger partial charge in [0.05, 0.1) is 0 Å². The van der Waals surface area contributed by atoms with Crippen LogP contribution in [0.3, 0.4) is 0 Å². The number of hydrogen-bond donors (Lipinski definition) is 0. The van der Waals surface area contributed by atoms with Gasteiger partial charge in [0.1, 0.15) is 13.2 Å². The van der Waals surface area contributed by atoms with Gasteiger partial charge >= 0.3 is 17.9 Å². The maximum atomic E-state index is 12.9. The highest BCUT2D eigenvalue weighted by Gasteiger charge is 2.19. The second-order valence-electron chi connectivity index (χ2n) is 19.9. The molecule has 0 fully saturated rings. The summed E-state index contributed by atoms with van der Waals surface area (Å²) in [5, 5.41) is 0.